The Morgan fingerprint density at radius 2 is 1.79 bits per heavy atom. The highest BCUT2D eigenvalue weighted by atomic mass is 16.5. The normalized spacial score (nSPS) is 13.6. The van der Waals surface area contributed by atoms with Crippen LogP contribution in [0.1, 0.15) is 28.7 Å². The fourth-order valence-corrected chi connectivity index (χ4v) is 3.62. The molecule has 0 fully saturated rings. The third kappa shape index (κ3) is 3.94. The lowest BCUT2D eigenvalue weighted by Crippen LogP contribution is -2.35. The molecule has 2 aromatic carbocycles. The number of carbonyl (C=O) groups excluding carboxylic acids is 1. The van der Waals surface area contributed by atoms with Crippen LogP contribution in [0.25, 0.3) is 0 Å². The zero-order valence-corrected chi connectivity index (χ0v) is 16.5. The number of amides is 1. The van der Waals surface area contributed by atoms with E-state index in [0.717, 1.165) is 11.4 Å². The standard InChI is InChI=1S/C22H24N4O3/c1-2-29-19-11-7-6-10-18(19)21(27)24-13-12-20-23-26(22(28)25(20)15-14-24)16-17-8-4-3-5-9-17/h3-11H,2,12-16H2,1H3. The van der Waals surface area contributed by atoms with Gasteiger partial charge in [0.15, 0.2) is 0 Å². The van der Waals surface area contributed by atoms with Crippen molar-refractivity contribution in [2.24, 2.45) is 0 Å². The Morgan fingerprint density at radius 1 is 1.03 bits per heavy atom. The number of carbonyl (C=O) groups is 1. The molecule has 0 bridgehead atoms. The topological polar surface area (TPSA) is 69.4 Å². The summed E-state index contributed by atoms with van der Waals surface area (Å²) in [6, 6.07) is 17.1. The van der Waals surface area contributed by atoms with Crippen LogP contribution >= 0.6 is 0 Å². The van der Waals surface area contributed by atoms with Gasteiger partial charge in [-0.05, 0) is 24.6 Å². The lowest BCUT2D eigenvalue weighted by Gasteiger charge is -2.21. The molecule has 0 saturated heterocycles. The van der Waals surface area contributed by atoms with Gasteiger partial charge in [-0.1, -0.05) is 42.5 Å². The fourth-order valence-electron chi connectivity index (χ4n) is 3.62. The van der Waals surface area contributed by atoms with Crippen LogP contribution in [0, 0.1) is 0 Å². The Kier molecular flexibility index (Phi) is 5.46. The molecule has 29 heavy (non-hydrogen) atoms. The number of fused-ring (bicyclic) bond motifs is 1. The third-order valence-corrected chi connectivity index (χ3v) is 5.08. The Balaban J connectivity index is 1.51. The molecule has 0 spiro atoms. The van der Waals surface area contributed by atoms with E-state index in [-0.39, 0.29) is 11.6 Å². The summed E-state index contributed by atoms with van der Waals surface area (Å²) in [5.74, 6) is 1.23. The van der Waals surface area contributed by atoms with E-state index < -0.39 is 0 Å². The number of ether oxygens (including phenoxy) is 1. The van der Waals surface area contributed by atoms with E-state index in [0.29, 0.717) is 50.5 Å². The van der Waals surface area contributed by atoms with Gasteiger partial charge >= 0.3 is 5.69 Å². The summed E-state index contributed by atoms with van der Waals surface area (Å²) < 4.78 is 8.79. The van der Waals surface area contributed by atoms with Crippen LogP contribution in [-0.4, -0.2) is 44.9 Å². The molecule has 7 heteroatoms. The van der Waals surface area contributed by atoms with Crippen LogP contribution in [-0.2, 0) is 19.5 Å². The molecular weight excluding hydrogens is 368 g/mol. The monoisotopic (exact) mass is 392 g/mol. The summed E-state index contributed by atoms with van der Waals surface area (Å²) in [5.41, 5.74) is 1.45. The third-order valence-electron chi connectivity index (χ3n) is 5.08. The average molecular weight is 392 g/mol. The molecule has 2 heterocycles. The fraction of sp³-hybridized carbons (Fsp3) is 0.318. The number of rotatable bonds is 5. The summed E-state index contributed by atoms with van der Waals surface area (Å²) in [6.07, 6.45) is 0.541. The van der Waals surface area contributed by atoms with Gasteiger partial charge in [-0.3, -0.25) is 9.36 Å². The zero-order chi connectivity index (χ0) is 20.2. The smallest absolute Gasteiger partial charge is 0.346 e. The van der Waals surface area contributed by atoms with E-state index >= 15 is 0 Å². The van der Waals surface area contributed by atoms with Gasteiger partial charge in [0.25, 0.3) is 5.91 Å². The Hall–Kier alpha value is -3.35. The predicted molar refractivity (Wildman–Crippen MR) is 109 cm³/mol. The second kappa shape index (κ2) is 8.34. The van der Waals surface area contributed by atoms with Gasteiger partial charge in [0.2, 0.25) is 0 Å². The minimum Gasteiger partial charge on any atom is -0.493 e. The number of hydrogen-bond acceptors (Lipinski definition) is 4. The lowest BCUT2D eigenvalue weighted by atomic mass is 10.1. The maximum atomic E-state index is 13.0. The molecule has 150 valence electrons. The largest absolute Gasteiger partial charge is 0.493 e. The molecule has 3 aromatic rings. The van der Waals surface area contributed by atoms with Crippen LogP contribution in [0.5, 0.6) is 5.75 Å². The van der Waals surface area contributed by atoms with Crippen molar-refractivity contribution in [2.45, 2.75) is 26.4 Å². The molecular formula is C22H24N4O3. The number of benzene rings is 2. The molecule has 0 aliphatic carbocycles. The first-order valence-electron chi connectivity index (χ1n) is 9.89. The van der Waals surface area contributed by atoms with Crippen molar-refractivity contribution >= 4 is 5.91 Å². The molecule has 1 aliphatic rings. The molecule has 1 aromatic heterocycles. The molecule has 0 atom stereocenters. The molecule has 1 aliphatic heterocycles. The lowest BCUT2D eigenvalue weighted by molar-refractivity contribution is 0.0754. The van der Waals surface area contributed by atoms with Crippen LogP contribution < -0.4 is 10.4 Å². The second-order valence-corrected chi connectivity index (χ2v) is 6.97. The van der Waals surface area contributed by atoms with Crippen LogP contribution in [0.4, 0.5) is 0 Å². The van der Waals surface area contributed by atoms with Gasteiger partial charge < -0.3 is 9.64 Å². The van der Waals surface area contributed by atoms with Crippen LogP contribution in [0.2, 0.25) is 0 Å². The first kappa shape index (κ1) is 19.0. The van der Waals surface area contributed by atoms with E-state index in [1.165, 1.54) is 4.68 Å². The molecule has 4 rings (SSSR count). The van der Waals surface area contributed by atoms with Crippen LogP contribution in [0.15, 0.2) is 59.4 Å². The molecule has 7 nitrogen and oxygen atoms in total. The highest BCUT2D eigenvalue weighted by molar-refractivity contribution is 5.97. The molecule has 0 saturated carbocycles. The molecule has 0 unspecified atom stereocenters. The highest BCUT2D eigenvalue weighted by Gasteiger charge is 2.24. The first-order valence-corrected chi connectivity index (χ1v) is 9.89. The van der Waals surface area contributed by atoms with Crippen LogP contribution in [0.3, 0.4) is 0 Å². The Bertz CT molecular complexity index is 1060. The van der Waals surface area contributed by atoms with E-state index in [1.54, 1.807) is 15.5 Å². The maximum Gasteiger partial charge on any atom is 0.346 e. The first-order chi connectivity index (χ1) is 14.2. The summed E-state index contributed by atoms with van der Waals surface area (Å²) in [5, 5.41) is 4.52. The quantitative estimate of drug-likeness (QED) is 0.667. The second-order valence-electron chi connectivity index (χ2n) is 6.97. The zero-order valence-electron chi connectivity index (χ0n) is 16.5. The summed E-state index contributed by atoms with van der Waals surface area (Å²) in [7, 11) is 0. The van der Waals surface area contributed by atoms with Gasteiger partial charge in [-0.25, -0.2) is 9.48 Å². The minimum absolute atomic E-state index is 0.0792. The van der Waals surface area contributed by atoms with E-state index in [1.807, 2.05) is 55.5 Å². The summed E-state index contributed by atoms with van der Waals surface area (Å²) >= 11 is 0. The van der Waals surface area contributed by atoms with Gasteiger partial charge in [0.1, 0.15) is 11.6 Å². The van der Waals surface area contributed by atoms with Crippen molar-refractivity contribution in [1.82, 2.24) is 19.2 Å². The molecule has 0 radical (unpaired) electrons. The number of hydrogen-bond donors (Lipinski definition) is 0. The van der Waals surface area contributed by atoms with Crippen molar-refractivity contribution in [2.75, 3.05) is 19.7 Å². The van der Waals surface area contributed by atoms with Gasteiger partial charge in [0.05, 0.1) is 18.7 Å². The minimum atomic E-state index is -0.132. The SMILES string of the molecule is CCOc1ccccc1C(=O)N1CCc2nn(Cc3ccccc3)c(=O)n2CC1. The van der Waals surface area contributed by atoms with E-state index in [2.05, 4.69) is 5.10 Å². The Labute approximate surface area is 169 Å². The molecule has 1 amide bonds. The van der Waals surface area contributed by atoms with Gasteiger partial charge in [-0.15, -0.1) is 0 Å². The van der Waals surface area contributed by atoms with Crippen molar-refractivity contribution in [3.05, 3.63) is 82.0 Å². The summed E-state index contributed by atoms with van der Waals surface area (Å²) in [4.78, 5) is 27.6. The van der Waals surface area contributed by atoms with E-state index in [4.69, 9.17) is 4.74 Å². The average Bonchev–Trinajstić information content (AvgIpc) is 2.91. The van der Waals surface area contributed by atoms with E-state index in [9.17, 15) is 9.59 Å². The Morgan fingerprint density at radius 3 is 2.59 bits per heavy atom. The van der Waals surface area contributed by atoms with Crippen molar-refractivity contribution in [3.8, 4) is 5.75 Å². The van der Waals surface area contributed by atoms with Gasteiger partial charge in [0, 0.05) is 26.1 Å². The number of aromatic nitrogens is 3. The van der Waals surface area contributed by atoms with Crippen molar-refractivity contribution < 1.29 is 9.53 Å². The molecule has 0 N–H and O–H groups in total. The summed E-state index contributed by atoms with van der Waals surface area (Å²) in [6.45, 7) is 4.26. The van der Waals surface area contributed by atoms with Gasteiger partial charge in [-0.2, -0.15) is 5.10 Å². The van der Waals surface area contributed by atoms with Crippen molar-refractivity contribution in [3.63, 3.8) is 0 Å². The highest BCUT2D eigenvalue weighted by Crippen LogP contribution is 2.21. The van der Waals surface area contributed by atoms with Crippen molar-refractivity contribution in [1.29, 1.82) is 0 Å². The number of nitrogens with zero attached hydrogens (tertiary/aromatic N) is 4. The maximum absolute atomic E-state index is 13.0. The number of para-hydroxylation sites is 1. The predicted octanol–water partition coefficient (Wildman–Crippen LogP) is 2.19.